The minimum Gasteiger partial charge on any atom is -0.353 e. The molecule has 0 radical (unpaired) electrons. The zero-order valence-electron chi connectivity index (χ0n) is 9.65. The second-order valence-electron chi connectivity index (χ2n) is 4.39. The lowest BCUT2D eigenvalue weighted by molar-refractivity contribution is -0.176. The van der Waals surface area contributed by atoms with Gasteiger partial charge in [-0.25, -0.2) is 8.78 Å². The molecule has 106 valence electrons. The molecule has 1 aliphatic rings. The number of aromatic nitrogens is 1. The molecule has 2 rings (SSSR count). The van der Waals surface area contributed by atoms with Crippen LogP contribution in [-0.2, 0) is 0 Å². The summed E-state index contributed by atoms with van der Waals surface area (Å²) in [4.78, 5) is 4.05. The average Bonchev–Trinajstić information content (AvgIpc) is 2.33. The van der Waals surface area contributed by atoms with Gasteiger partial charge in [-0.15, -0.1) is 0 Å². The highest BCUT2D eigenvalue weighted by Gasteiger charge is 2.42. The molecule has 1 atom stereocenters. The van der Waals surface area contributed by atoms with E-state index in [1.54, 1.807) is 0 Å². The van der Waals surface area contributed by atoms with Gasteiger partial charge in [0.15, 0.2) is 17.5 Å². The van der Waals surface area contributed by atoms with Crippen molar-refractivity contribution < 1.29 is 26.3 Å². The Bertz CT molecular complexity index is 473. The maximum atomic E-state index is 13.4. The van der Waals surface area contributed by atoms with Gasteiger partial charge in [-0.3, -0.25) is 0 Å². The summed E-state index contributed by atoms with van der Waals surface area (Å²) in [6, 6.07) is 0.287. The lowest BCUT2D eigenvalue weighted by Crippen LogP contribution is -2.42. The quantitative estimate of drug-likeness (QED) is 0.581. The van der Waals surface area contributed by atoms with E-state index in [0.29, 0.717) is 0 Å². The van der Waals surface area contributed by atoms with Gasteiger partial charge in [0.05, 0.1) is 5.92 Å². The van der Waals surface area contributed by atoms with Crippen molar-refractivity contribution in [3.63, 3.8) is 0 Å². The van der Waals surface area contributed by atoms with Crippen LogP contribution in [-0.4, -0.2) is 24.2 Å². The first-order valence-electron chi connectivity index (χ1n) is 5.62. The Morgan fingerprint density at radius 2 is 1.84 bits per heavy atom. The summed E-state index contributed by atoms with van der Waals surface area (Å²) < 4.78 is 76.9. The molecule has 2 nitrogen and oxygen atoms in total. The van der Waals surface area contributed by atoms with Crippen LogP contribution >= 0.6 is 0 Å². The van der Waals surface area contributed by atoms with E-state index in [1.165, 1.54) is 0 Å². The van der Waals surface area contributed by atoms with Crippen molar-refractivity contribution in [2.45, 2.75) is 19.0 Å². The Morgan fingerprint density at radius 1 is 1.16 bits per heavy atom. The number of halogens is 6. The summed E-state index contributed by atoms with van der Waals surface area (Å²) >= 11 is 0. The Kier molecular flexibility index (Phi) is 3.60. The largest absolute Gasteiger partial charge is 0.393 e. The van der Waals surface area contributed by atoms with Crippen LogP contribution in [0.4, 0.5) is 32.2 Å². The van der Waals surface area contributed by atoms with E-state index in [1.807, 2.05) is 0 Å². The third-order valence-corrected chi connectivity index (χ3v) is 3.05. The molecule has 1 saturated heterocycles. The molecule has 0 saturated carbocycles. The smallest absolute Gasteiger partial charge is 0.353 e. The molecule has 0 bridgehead atoms. The van der Waals surface area contributed by atoms with Gasteiger partial charge in [-0.2, -0.15) is 22.5 Å². The third kappa shape index (κ3) is 2.93. The van der Waals surface area contributed by atoms with E-state index < -0.39 is 42.0 Å². The van der Waals surface area contributed by atoms with E-state index in [-0.39, 0.29) is 25.5 Å². The van der Waals surface area contributed by atoms with Crippen LogP contribution in [0.1, 0.15) is 12.8 Å². The Balaban J connectivity index is 2.25. The number of hydrogen-bond acceptors (Lipinski definition) is 2. The van der Waals surface area contributed by atoms with Crippen molar-refractivity contribution in [2.75, 3.05) is 18.0 Å². The number of hydrogen-bond donors (Lipinski definition) is 0. The first kappa shape index (κ1) is 14.0. The van der Waals surface area contributed by atoms with Gasteiger partial charge in [-0.1, -0.05) is 0 Å². The van der Waals surface area contributed by atoms with Gasteiger partial charge < -0.3 is 4.90 Å². The Hall–Kier alpha value is -1.47. The summed E-state index contributed by atoms with van der Waals surface area (Å²) in [5.41, 5.74) is 0. The molecule has 8 heteroatoms. The third-order valence-electron chi connectivity index (χ3n) is 3.05. The lowest BCUT2D eigenvalue weighted by Gasteiger charge is -2.34. The molecule has 1 fully saturated rings. The van der Waals surface area contributed by atoms with Crippen molar-refractivity contribution >= 4 is 5.82 Å². The van der Waals surface area contributed by atoms with Crippen molar-refractivity contribution in [3.8, 4) is 0 Å². The van der Waals surface area contributed by atoms with Crippen molar-refractivity contribution in [2.24, 2.45) is 5.92 Å². The minimum absolute atomic E-state index is 0.0642. The maximum Gasteiger partial charge on any atom is 0.393 e. The molecule has 19 heavy (non-hydrogen) atoms. The van der Waals surface area contributed by atoms with E-state index in [9.17, 15) is 26.3 Å². The second-order valence-corrected chi connectivity index (χ2v) is 4.39. The number of anilines is 1. The zero-order chi connectivity index (χ0) is 14.2. The van der Waals surface area contributed by atoms with Crippen LogP contribution in [0.3, 0.4) is 0 Å². The van der Waals surface area contributed by atoms with Crippen LogP contribution in [0.15, 0.2) is 6.07 Å². The molecular formula is C11H10F6N2. The number of rotatable bonds is 1. The van der Waals surface area contributed by atoms with Crippen LogP contribution in [0.5, 0.6) is 0 Å². The topological polar surface area (TPSA) is 16.1 Å². The summed E-state index contributed by atoms with van der Waals surface area (Å²) in [6.45, 7) is -0.375. The van der Waals surface area contributed by atoms with E-state index >= 15 is 0 Å². The van der Waals surface area contributed by atoms with Gasteiger partial charge in [0.2, 0.25) is 0 Å². The van der Waals surface area contributed by atoms with E-state index in [0.717, 1.165) is 4.90 Å². The Morgan fingerprint density at radius 3 is 2.47 bits per heavy atom. The van der Waals surface area contributed by atoms with Gasteiger partial charge >= 0.3 is 6.18 Å². The molecule has 0 amide bonds. The summed E-state index contributed by atoms with van der Waals surface area (Å²) in [5, 5.41) is 0. The maximum absolute atomic E-state index is 13.4. The fourth-order valence-electron chi connectivity index (χ4n) is 2.09. The zero-order valence-corrected chi connectivity index (χ0v) is 9.65. The molecule has 0 spiro atoms. The normalized spacial score (nSPS) is 20.7. The highest BCUT2D eigenvalue weighted by molar-refractivity contribution is 5.40. The highest BCUT2D eigenvalue weighted by Crippen LogP contribution is 2.35. The van der Waals surface area contributed by atoms with Crippen LogP contribution in [0, 0.1) is 23.5 Å². The van der Waals surface area contributed by atoms with E-state index in [4.69, 9.17) is 0 Å². The summed E-state index contributed by atoms with van der Waals surface area (Å²) in [5.74, 6) is -6.35. The highest BCUT2D eigenvalue weighted by atomic mass is 19.4. The predicted molar refractivity (Wildman–Crippen MR) is 55.1 cm³/mol. The number of piperidine rings is 1. The van der Waals surface area contributed by atoms with Crippen molar-refractivity contribution in [3.05, 3.63) is 23.6 Å². The lowest BCUT2D eigenvalue weighted by atomic mass is 9.97. The SMILES string of the molecule is Fc1cc(F)c(N2CCCC(C(F)(F)F)C2)nc1F. The monoisotopic (exact) mass is 284 g/mol. The molecule has 0 aliphatic carbocycles. The first-order valence-corrected chi connectivity index (χ1v) is 5.62. The Labute approximate surface area is 105 Å². The molecule has 0 aromatic carbocycles. The molecular weight excluding hydrogens is 274 g/mol. The van der Waals surface area contributed by atoms with Crippen molar-refractivity contribution in [1.82, 2.24) is 4.98 Å². The fraction of sp³-hybridized carbons (Fsp3) is 0.545. The summed E-state index contributed by atoms with van der Waals surface area (Å²) in [6.07, 6.45) is -4.27. The van der Waals surface area contributed by atoms with Gasteiger partial charge in [-0.05, 0) is 12.8 Å². The molecule has 2 heterocycles. The minimum atomic E-state index is -4.40. The number of pyridine rings is 1. The molecule has 1 aromatic rings. The van der Waals surface area contributed by atoms with Crippen molar-refractivity contribution in [1.29, 1.82) is 0 Å². The van der Waals surface area contributed by atoms with Crippen LogP contribution in [0.2, 0.25) is 0 Å². The second kappa shape index (κ2) is 4.90. The summed E-state index contributed by atoms with van der Waals surface area (Å²) in [7, 11) is 0. The standard InChI is InChI=1S/C11H10F6N2/c12-7-4-8(13)10(18-9(7)14)19-3-1-2-6(5-19)11(15,16)17/h4,6H,1-3,5H2. The molecule has 0 N–H and O–H groups in total. The average molecular weight is 284 g/mol. The first-order chi connectivity index (χ1) is 8.79. The van der Waals surface area contributed by atoms with Crippen LogP contribution < -0.4 is 4.90 Å². The van der Waals surface area contributed by atoms with Crippen LogP contribution in [0.25, 0.3) is 0 Å². The van der Waals surface area contributed by atoms with Gasteiger partial charge in [0.25, 0.3) is 5.95 Å². The molecule has 1 aromatic heterocycles. The molecule has 1 aliphatic heterocycles. The molecule has 1 unspecified atom stereocenters. The van der Waals surface area contributed by atoms with E-state index in [2.05, 4.69) is 4.98 Å². The predicted octanol–water partition coefficient (Wildman–Crippen LogP) is 3.28. The van der Waals surface area contributed by atoms with Gasteiger partial charge in [0, 0.05) is 19.2 Å². The number of alkyl halides is 3. The number of nitrogens with zero attached hydrogens (tertiary/aromatic N) is 2. The van der Waals surface area contributed by atoms with Gasteiger partial charge in [0.1, 0.15) is 0 Å². The fourth-order valence-corrected chi connectivity index (χ4v) is 2.09.